The SMILES string of the molecule is C#CCNc1nc(NC)nc(NC(CC)CC)n1.C#CCNc1nc(NC)nc(NC(CC)CC)n1.O=S(=O)(O)O. The molecule has 0 saturated heterocycles. The van der Waals surface area contributed by atoms with E-state index >= 15 is 0 Å². The molecular weight excluding hydrogens is 552 g/mol. The molecule has 2 aromatic rings. The highest BCUT2D eigenvalue weighted by Crippen LogP contribution is 2.13. The van der Waals surface area contributed by atoms with Crippen LogP contribution in [0, 0.1) is 24.7 Å². The summed E-state index contributed by atoms with van der Waals surface area (Å²) in [4.78, 5) is 25.4. The van der Waals surface area contributed by atoms with Crippen molar-refractivity contribution >= 4 is 46.1 Å². The molecule has 0 aliphatic heterocycles. The molecule has 0 saturated carbocycles. The summed E-state index contributed by atoms with van der Waals surface area (Å²) in [7, 11) is -1.14. The number of terminal acetylenes is 2. The summed E-state index contributed by atoms with van der Waals surface area (Å²) in [6.45, 7) is 9.27. The van der Waals surface area contributed by atoms with Gasteiger partial charge in [-0.3, -0.25) is 9.11 Å². The van der Waals surface area contributed by atoms with E-state index in [0.717, 1.165) is 25.7 Å². The number of hydrogen-bond acceptors (Lipinski definition) is 14. The second-order valence-electron chi connectivity index (χ2n) is 7.99. The van der Waals surface area contributed by atoms with E-state index in [1.54, 1.807) is 14.1 Å². The zero-order chi connectivity index (χ0) is 31.3. The molecule has 0 aliphatic rings. The molecule has 2 rings (SSSR count). The zero-order valence-corrected chi connectivity index (χ0v) is 25.2. The highest BCUT2D eigenvalue weighted by molar-refractivity contribution is 7.79. The van der Waals surface area contributed by atoms with Crippen LogP contribution in [0.25, 0.3) is 0 Å². The van der Waals surface area contributed by atoms with E-state index < -0.39 is 10.4 Å². The Labute approximate surface area is 242 Å². The third kappa shape index (κ3) is 17.9. The van der Waals surface area contributed by atoms with Gasteiger partial charge < -0.3 is 31.9 Å². The second-order valence-corrected chi connectivity index (χ2v) is 8.89. The predicted octanol–water partition coefficient (Wildman–Crippen LogP) is 2.47. The largest absolute Gasteiger partial charge is 0.394 e. The summed E-state index contributed by atoms with van der Waals surface area (Å²) in [6.07, 6.45) is 14.5. The lowest BCUT2D eigenvalue weighted by Crippen LogP contribution is -2.20. The lowest BCUT2D eigenvalue weighted by molar-refractivity contribution is 0.381. The molecule has 0 atom stereocenters. The number of hydrogen-bond donors (Lipinski definition) is 8. The fourth-order valence-electron chi connectivity index (χ4n) is 2.87. The van der Waals surface area contributed by atoms with E-state index in [1.165, 1.54) is 0 Å². The minimum absolute atomic E-state index is 0.359. The predicted molar refractivity (Wildman–Crippen MR) is 164 cm³/mol. The van der Waals surface area contributed by atoms with Gasteiger partial charge in [-0.1, -0.05) is 39.5 Å². The van der Waals surface area contributed by atoms with Crippen molar-refractivity contribution in [3.63, 3.8) is 0 Å². The number of aromatic nitrogens is 6. The summed E-state index contributed by atoms with van der Waals surface area (Å²) in [5, 5.41) is 18.2. The topological polar surface area (TPSA) is 224 Å². The van der Waals surface area contributed by atoms with Crippen molar-refractivity contribution in [2.24, 2.45) is 0 Å². The minimum atomic E-state index is -4.67. The van der Waals surface area contributed by atoms with Gasteiger partial charge in [0.05, 0.1) is 13.1 Å². The maximum atomic E-state index is 8.74. The van der Waals surface area contributed by atoms with E-state index in [0.29, 0.717) is 60.9 Å². The Morgan fingerprint density at radius 1 is 0.634 bits per heavy atom. The van der Waals surface area contributed by atoms with Crippen LogP contribution in [0.15, 0.2) is 0 Å². The Balaban J connectivity index is 0.000000671. The van der Waals surface area contributed by atoms with E-state index in [2.05, 4.69) is 101 Å². The van der Waals surface area contributed by atoms with E-state index in [-0.39, 0.29) is 0 Å². The molecule has 8 N–H and O–H groups in total. The van der Waals surface area contributed by atoms with E-state index in [4.69, 9.17) is 30.4 Å². The molecule has 0 amide bonds. The number of nitrogens with zero attached hydrogens (tertiary/aromatic N) is 6. The van der Waals surface area contributed by atoms with Gasteiger partial charge in [0.2, 0.25) is 35.7 Å². The van der Waals surface area contributed by atoms with Crippen LogP contribution in [-0.2, 0) is 10.4 Å². The molecule has 0 fully saturated rings. The first-order valence-corrected chi connectivity index (χ1v) is 14.3. The van der Waals surface area contributed by atoms with Gasteiger partial charge >= 0.3 is 10.4 Å². The van der Waals surface area contributed by atoms with Crippen LogP contribution in [0.1, 0.15) is 53.4 Å². The summed E-state index contributed by atoms with van der Waals surface area (Å²) in [6, 6.07) is 0.718. The fourth-order valence-corrected chi connectivity index (χ4v) is 2.87. The average molecular weight is 595 g/mol. The molecule has 0 radical (unpaired) electrons. The maximum absolute atomic E-state index is 8.74. The first-order valence-electron chi connectivity index (χ1n) is 12.9. The van der Waals surface area contributed by atoms with Gasteiger partial charge in [-0.2, -0.15) is 38.3 Å². The van der Waals surface area contributed by atoms with E-state index in [9.17, 15) is 0 Å². The van der Waals surface area contributed by atoms with Gasteiger partial charge in [-0.05, 0) is 25.7 Å². The van der Waals surface area contributed by atoms with Crippen LogP contribution in [0.2, 0.25) is 0 Å². The molecule has 0 aliphatic carbocycles. The van der Waals surface area contributed by atoms with Gasteiger partial charge in [0.15, 0.2) is 0 Å². The summed E-state index contributed by atoms with van der Waals surface area (Å²) >= 11 is 0. The number of nitrogens with one attached hydrogen (secondary N) is 6. The van der Waals surface area contributed by atoms with Crippen LogP contribution in [0.3, 0.4) is 0 Å². The molecule has 16 nitrogen and oxygen atoms in total. The molecule has 0 unspecified atom stereocenters. The van der Waals surface area contributed by atoms with Crippen LogP contribution < -0.4 is 31.9 Å². The van der Waals surface area contributed by atoms with Gasteiger partial charge in [0.25, 0.3) is 0 Å². The standard InChI is InChI=1S/2C12H20N6.H2O4S/c2*1-5-8-14-11-16-10(13-4)17-12(18-11)15-9(6-2)7-3;1-5(2,3)4/h2*1,9H,6-8H2,2-4H3,(H3,13,14,15,16,17,18);(H2,1,2,3,4). The van der Waals surface area contributed by atoms with Crippen LogP contribution in [0.5, 0.6) is 0 Å². The van der Waals surface area contributed by atoms with Gasteiger partial charge in [0, 0.05) is 26.2 Å². The van der Waals surface area contributed by atoms with Crippen molar-refractivity contribution in [1.82, 2.24) is 29.9 Å². The average Bonchev–Trinajstić information content (AvgIpc) is 2.95. The second kappa shape index (κ2) is 20.7. The first kappa shape index (κ1) is 36.8. The molecule has 228 valence electrons. The number of anilines is 6. The summed E-state index contributed by atoms with van der Waals surface area (Å²) < 4.78 is 31.6. The highest BCUT2D eigenvalue weighted by atomic mass is 32.3. The molecule has 0 bridgehead atoms. The smallest absolute Gasteiger partial charge is 0.357 e. The maximum Gasteiger partial charge on any atom is 0.394 e. The van der Waals surface area contributed by atoms with Gasteiger partial charge in [0.1, 0.15) is 0 Å². The lowest BCUT2D eigenvalue weighted by Gasteiger charge is -2.15. The monoisotopic (exact) mass is 594 g/mol. The van der Waals surface area contributed by atoms with Crippen molar-refractivity contribution in [3.8, 4) is 24.7 Å². The van der Waals surface area contributed by atoms with E-state index in [1.807, 2.05) is 0 Å². The Hall–Kier alpha value is -4.19. The Morgan fingerprint density at radius 2 is 0.902 bits per heavy atom. The van der Waals surface area contributed by atoms with Crippen LogP contribution in [0.4, 0.5) is 35.7 Å². The molecule has 0 spiro atoms. The van der Waals surface area contributed by atoms with Gasteiger partial charge in [-0.25, -0.2) is 0 Å². The normalized spacial score (nSPS) is 10.1. The van der Waals surface area contributed by atoms with Crippen molar-refractivity contribution in [3.05, 3.63) is 0 Å². The first-order chi connectivity index (χ1) is 19.5. The van der Waals surface area contributed by atoms with Crippen molar-refractivity contribution in [2.45, 2.75) is 65.5 Å². The van der Waals surface area contributed by atoms with Crippen LogP contribution in [-0.4, -0.2) is 86.7 Å². The molecule has 2 aromatic heterocycles. The molecule has 0 aromatic carbocycles. The minimum Gasteiger partial charge on any atom is -0.357 e. The third-order valence-corrected chi connectivity index (χ3v) is 5.05. The third-order valence-electron chi connectivity index (χ3n) is 5.05. The van der Waals surface area contributed by atoms with Crippen LogP contribution >= 0.6 is 0 Å². The molecule has 2 heterocycles. The Bertz CT molecular complexity index is 1120. The van der Waals surface area contributed by atoms with Crippen molar-refractivity contribution in [1.29, 1.82) is 0 Å². The summed E-state index contributed by atoms with van der Waals surface area (Å²) in [5.74, 6) is 8.05. The number of rotatable bonds is 14. The molecule has 17 heteroatoms. The molecule has 41 heavy (non-hydrogen) atoms. The zero-order valence-electron chi connectivity index (χ0n) is 24.4. The lowest BCUT2D eigenvalue weighted by atomic mass is 10.2. The summed E-state index contributed by atoms with van der Waals surface area (Å²) in [5.41, 5.74) is 0. The quantitative estimate of drug-likeness (QED) is 0.116. The Kier molecular flexibility index (Phi) is 18.6. The Morgan fingerprint density at radius 3 is 1.15 bits per heavy atom. The van der Waals surface area contributed by atoms with Crippen molar-refractivity contribution in [2.75, 3.05) is 59.1 Å². The van der Waals surface area contributed by atoms with Gasteiger partial charge in [-0.15, -0.1) is 12.8 Å². The highest BCUT2D eigenvalue weighted by Gasteiger charge is 2.10. The molecular formula is C24H42N12O4S. The fraction of sp³-hybridized carbons (Fsp3) is 0.583. The van der Waals surface area contributed by atoms with Crippen molar-refractivity contribution < 1.29 is 17.5 Å².